The lowest BCUT2D eigenvalue weighted by atomic mass is 10.0. The fourth-order valence-corrected chi connectivity index (χ4v) is 0.767. The second kappa shape index (κ2) is 5.04. The van der Waals surface area contributed by atoms with Gasteiger partial charge in [-0.2, -0.15) is 30.7 Å². The Labute approximate surface area is 90.0 Å². The molecule has 0 aliphatic carbocycles. The number of hydrogen-bond donors (Lipinski definition) is 2. The Morgan fingerprint density at radius 2 is 1.41 bits per heavy atom. The first-order valence-electron chi connectivity index (χ1n) is 3.70. The topological polar surface area (TPSA) is 101 Å². The third-order valence-electron chi connectivity index (χ3n) is 1.66. The molecule has 1 amide bonds. The Kier molecular flexibility index (Phi) is 5.42. The Hall–Kier alpha value is -1.10. The van der Waals surface area contributed by atoms with Crippen molar-refractivity contribution in [3.63, 3.8) is 0 Å². The molecule has 0 aromatic carbocycles. The van der Waals surface area contributed by atoms with E-state index in [1.807, 2.05) is 0 Å². The van der Waals surface area contributed by atoms with Gasteiger partial charge in [0.15, 0.2) is 0 Å². The van der Waals surface area contributed by atoms with Crippen LogP contribution in [0.25, 0.3) is 0 Å². The van der Waals surface area contributed by atoms with Crippen molar-refractivity contribution in [2.45, 2.75) is 30.5 Å². The molecule has 0 bridgehead atoms. The van der Waals surface area contributed by atoms with Gasteiger partial charge < -0.3 is 16.9 Å². The van der Waals surface area contributed by atoms with Gasteiger partial charge in [0, 0.05) is 6.42 Å². The van der Waals surface area contributed by atoms with Crippen LogP contribution in [0, 0.1) is 0 Å². The highest BCUT2D eigenvalue weighted by Crippen LogP contribution is 2.47. The van der Waals surface area contributed by atoms with Crippen molar-refractivity contribution in [2.75, 3.05) is 0 Å². The van der Waals surface area contributed by atoms with Crippen molar-refractivity contribution >= 4 is 5.91 Å². The molecule has 104 valence electrons. The number of amides is 1. The Morgan fingerprint density at radius 1 is 1.06 bits per heavy atom. The lowest BCUT2D eigenvalue weighted by molar-refractivity contribution is -0.358. The molecule has 0 heterocycles. The highest BCUT2D eigenvalue weighted by Gasteiger charge is 2.74. The van der Waals surface area contributed by atoms with Crippen LogP contribution >= 0.6 is 0 Å². The molecular weight excluding hydrogens is 265 g/mol. The minimum absolute atomic E-state index is 0. The van der Waals surface area contributed by atoms with Crippen LogP contribution in [-0.4, -0.2) is 35.4 Å². The molecule has 0 saturated heterocycles. The van der Waals surface area contributed by atoms with Gasteiger partial charge in [-0.05, 0) is 0 Å². The predicted octanol–water partition coefficient (Wildman–Crippen LogP) is 0.197. The molecule has 0 radical (unpaired) electrons. The first-order valence-corrected chi connectivity index (χ1v) is 3.70. The van der Waals surface area contributed by atoms with E-state index in [0.717, 1.165) is 0 Å². The van der Waals surface area contributed by atoms with E-state index in [1.165, 1.54) is 0 Å². The number of nitrogens with two attached hydrogens (primary N) is 2. The van der Waals surface area contributed by atoms with Crippen molar-refractivity contribution in [1.82, 2.24) is 0 Å². The average Bonchev–Trinajstić information content (AvgIpc) is 2.00. The second-order valence-electron chi connectivity index (χ2n) is 2.97. The van der Waals surface area contributed by atoms with E-state index < -0.39 is 36.4 Å². The predicted molar refractivity (Wildman–Crippen MR) is 41.3 cm³/mol. The van der Waals surface area contributed by atoms with Gasteiger partial charge in [-0.25, -0.2) is 0 Å². The Morgan fingerprint density at radius 3 is 1.65 bits per heavy atom. The van der Waals surface area contributed by atoms with Crippen molar-refractivity contribution in [3.05, 3.63) is 0 Å². The summed E-state index contributed by atoms with van der Waals surface area (Å²) in [5.41, 5.74) is 8.77. The van der Waals surface area contributed by atoms with E-state index in [4.69, 9.17) is 0 Å². The van der Waals surface area contributed by atoms with Crippen LogP contribution in [-0.2, 0) is 4.79 Å². The lowest BCUT2D eigenvalue weighted by Gasteiger charge is -2.31. The van der Waals surface area contributed by atoms with Crippen LogP contribution < -0.4 is 11.5 Å². The molecule has 0 saturated carbocycles. The zero-order valence-corrected chi connectivity index (χ0v) is 7.99. The van der Waals surface area contributed by atoms with Crippen molar-refractivity contribution in [1.29, 1.82) is 0 Å². The SMILES string of the molecule is NC(=O)CC(N)C(F)(F)C(F)(F)C(F)(F)F.O. The quantitative estimate of drug-likeness (QED) is 0.715. The molecule has 17 heavy (non-hydrogen) atoms. The van der Waals surface area contributed by atoms with E-state index in [2.05, 4.69) is 11.5 Å². The maximum absolute atomic E-state index is 12.6. The van der Waals surface area contributed by atoms with Gasteiger partial charge in [-0.3, -0.25) is 4.79 Å². The maximum Gasteiger partial charge on any atom is 0.459 e. The van der Waals surface area contributed by atoms with Crippen LogP contribution in [0.2, 0.25) is 0 Å². The standard InChI is InChI=1S/C6H7F7N2O.H2O/c7-4(8,2(14)1-3(15)16)5(9,10)6(11,12)13;/h2H,1,14H2,(H2,15,16);1H2. The molecule has 1 atom stereocenters. The first kappa shape index (κ1) is 18.3. The fourth-order valence-electron chi connectivity index (χ4n) is 0.767. The van der Waals surface area contributed by atoms with Gasteiger partial charge in [-0.15, -0.1) is 0 Å². The second-order valence-corrected chi connectivity index (χ2v) is 2.97. The number of hydrogen-bond acceptors (Lipinski definition) is 2. The van der Waals surface area contributed by atoms with E-state index in [1.54, 1.807) is 0 Å². The average molecular weight is 274 g/mol. The van der Waals surface area contributed by atoms with Crippen molar-refractivity contribution < 1.29 is 41.0 Å². The molecule has 4 nitrogen and oxygen atoms in total. The number of alkyl halides is 7. The van der Waals surface area contributed by atoms with Crippen molar-refractivity contribution in [3.8, 4) is 0 Å². The van der Waals surface area contributed by atoms with Gasteiger partial charge >= 0.3 is 18.0 Å². The number of halogens is 7. The Balaban J connectivity index is 0. The molecule has 6 N–H and O–H groups in total. The summed E-state index contributed by atoms with van der Waals surface area (Å²) < 4.78 is 84.8. The van der Waals surface area contributed by atoms with Crippen LogP contribution in [0.15, 0.2) is 0 Å². The highest BCUT2D eigenvalue weighted by atomic mass is 19.4. The number of carbonyl (C=O) groups excluding carboxylic acids is 1. The summed E-state index contributed by atoms with van der Waals surface area (Å²) in [6.07, 6.45) is -7.95. The van der Waals surface area contributed by atoms with Crippen LogP contribution in [0.1, 0.15) is 6.42 Å². The van der Waals surface area contributed by atoms with Gasteiger partial charge in [0.25, 0.3) is 0 Å². The summed E-state index contributed by atoms with van der Waals surface area (Å²) in [6, 6.07) is -3.01. The van der Waals surface area contributed by atoms with E-state index in [-0.39, 0.29) is 5.48 Å². The summed E-state index contributed by atoms with van der Waals surface area (Å²) in [5.74, 6) is -13.4. The molecule has 0 aliphatic heterocycles. The summed E-state index contributed by atoms with van der Waals surface area (Å²) >= 11 is 0. The van der Waals surface area contributed by atoms with Gasteiger partial charge in [0.05, 0.1) is 6.04 Å². The molecule has 11 heteroatoms. The van der Waals surface area contributed by atoms with Crippen LogP contribution in [0.5, 0.6) is 0 Å². The molecule has 0 spiro atoms. The number of carbonyl (C=O) groups is 1. The molecule has 0 aromatic rings. The molecule has 0 aliphatic rings. The number of primary amides is 1. The zero-order chi connectivity index (χ0) is 13.4. The minimum Gasteiger partial charge on any atom is -0.412 e. The molecule has 0 fully saturated rings. The largest absolute Gasteiger partial charge is 0.459 e. The normalized spacial score (nSPS) is 15.1. The summed E-state index contributed by atoms with van der Waals surface area (Å²) in [7, 11) is 0. The smallest absolute Gasteiger partial charge is 0.412 e. The summed E-state index contributed by atoms with van der Waals surface area (Å²) in [4.78, 5) is 10.1. The third-order valence-corrected chi connectivity index (χ3v) is 1.66. The number of rotatable bonds is 4. The molecule has 0 rings (SSSR count). The lowest BCUT2D eigenvalue weighted by Crippen LogP contribution is -2.61. The Bertz CT molecular complexity index is 278. The monoisotopic (exact) mass is 274 g/mol. The van der Waals surface area contributed by atoms with E-state index in [9.17, 15) is 35.5 Å². The van der Waals surface area contributed by atoms with E-state index >= 15 is 0 Å². The molecule has 1 unspecified atom stereocenters. The first-order chi connectivity index (χ1) is 6.84. The highest BCUT2D eigenvalue weighted by molar-refractivity contribution is 5.74. The molecule has 0 aromatic heterocycles. The van der Waals surface area contributed by atoms with Gasteiger partial charge in [0.2, 0.25) is 5.91 Å². The zero-order valence-electron chi connectivity index (χ0n) is 7.99. The van der Waals surface area contributed by atoms with Gasteiger partial charge in [0.1, 0.15) is 0 Å². The van der Waals surface area contributed by atoms with Gasteiger partial charge in [-0.1, -0.05) is 0 Å². The maximum atomic E-state index is 12.6. The fraction of sp³-hybridized carbons (Fsp3) is 0.833. The van der Waals surface area contributed by atoms with Crippen LogP contribution in [0.3, 0.4) is 0 Å². The molecular formula is C6H9F7N2O2. The van der Waals surface area contributed by atoms with Crippen molar-refractivity contribution in [2.24, 2.45) is 11.5 Å². The summed E-state index contributed by atoms with van der Waals surface area (Å²) in [6.45, 7) is 0. The summed E-state index contributed by atoms with van der Waals surface area (Å²) in [5, 5.41) is 0. The van der Waals surface area contributed by atoms with Crippen LogP contribution in [0.4, 0.5) is 30.7 Å². The third kappa shape index (κ3) is 3.43. The van der Waals surface area contributed by atoms with E-state index in [0.29, 0.717) is 0 Å². The minimum atomic E-state index is -6.47.